The molecule has 1 aliphatic heterocycles. The van der Waals surface area contributed by atoms with Gasteiger partial charge in [-0.3, -0.25) is 4.57 Å². The molecule has 0 fully saturated rings. The highest BCUT2D eigenvalue weighted by atomic mass is 35.5. The predicted octanol–water partition coefficient (Wildman–Crippen LogP) is -0.919. The molecule has 0 unspecified atom stereocenters. The molecule has 23 heavy (non-hydrogen) atoms. The molecule has 134 valence electrons. The molecule has 2 atom stereocenters. The zero-order valence-electron chi connectivity index (χ0n) is 13.1. The van der Waals surface area contributed by atoms with Crippen LogP contribution < -0.4 is 11.0 Å². The highest BCUT2D eigenvalue weighted by Crippen LogP contribution is 2.29. The van der Waals surface area contributed by atoms with E-state index in [0.29, 0.717) is 12.6 Å². The van der Waals surface area contributed by atoms with E-state index in [2.05, 4.69) is 24.1 Å². The van der Waals surface area contributed by atoms with Crippen molar-refractivity contribution >= 4 is 23.4 Å². The Bertz CT molecular complexity index is 670. The lowest BCUT2D eigenvalue weighted by Gasteiger charge is -2.24. The van der Waals surface area contributed by atoms with E-state index in [4.69, 9.17) is 0 Å². The number of nitrogens with one attached hydrogen (secondary N) is 2. The quantitative estimate of drug-likeness (QED) is 0.638. The number of aromatic amines is 1. The number of hydrogen-bond donors (Lipinski definition) is 3. The van der Waals surface area contributed by atoms with E-state index in [0.717, 1.165) is 23.0 Å². The monoisotopic (exact) mass is 351 g/mol. The maximum Gasteiger partial charge on any atom is 0.326 e. The zero-order chi connectivity index (χ0) is 13.6. The smallest absolute Gasteiger partial charge is 0.326 e. The predicted molar refractivity (Wildman–Crippen MR) is 92.3 cm³/mol. The Labute approximate surface area is 139 Å². The standard InChI is InChI=1S/C14H19N3O2.ClH.3H2O/c1-8(2)15-11-6-7-17-12-9(13(11)18)4-3-5-10(12)16-14(17)19;;;;/h3-5,8,11,13,15,18H,6-7H2,1-2H3,(H,16,19);1H;3*1H2/t11-,13-;;;;/m1..../s1. The van der Waals surface area contributed by atoms with E-state index >= 15 is 0 Å². The number of benzene rings is 1. The number of aliphatic hydroxyl groups is 1. The van der Waals surface area contributed by atoms with Crippen LogP contribution in [0.4, 0.5) is 0 Å². The van der Waals surface area contributed by atoms with Crippen molar-refractivity contribution in [1.82, 2.24) is 14.9 Å². The minimum absolute atomic E-state index is 0. The molecule has 0 aliphatic carbocycles. The third kappa shape index (κ3) is 4.11. The summed E-state index contributed by atoms with van der Waals surface area (Å²) >= 11 is 0. The van der Waals surface area contributed by atoms with Crippen LogP contribution >= 0.6 is 12.4 Å². The number of halogens is 1. The van der Waals surface area contributed by atoms with Crippen LogP contribution in [0.15, 0.2) is 23.0 Å². The summed E-state index contributed by atoms with van der Waals surface area (Å²) in [6.07, 6.45) is 0.149. The van der Waals surface area contributed by atoms with Gasteiger partial charge in [0.25, 0.3) is 0 Å². The lowest BCUT2D eigenvalue weighted by atomic mass is 9.99. The molecule has 0 spiro atoms. The number of aryl methyl sites for hydroxylation is 1. The van der Waals surface area contributed by atoms with Crippen molar-refractivity contribution < 1.29 is 21.5 Å². The van der Waals surface area contributed by atoms with Gasteiger partial charge in [0.05, 0.1) is 17.1 Å². The van der Waals surface area contributed by atoms with Crippen LogP contribution in [0.5, 0.6) is 0 Å². The van der Waals surface area contributed by atoms with Crippen molar-refractivity contribution in [2.45, 2.75) is 45.0 Å². The van der Waals surface area contributed by atoms with E-state index in [1.54, 1.807) is 4.57 Å². The lowest BCUT2D eigenvalue weighted by molar-refractivity contribution is 0.121. The number of H-pyrrole nitrogens is 1. The topological polar surface area (TPSA) is 165 Å². The highest BCUT2D eigenvalue weighted by molar-refractivity contribution is 5.85. The van der Waals surface area contributed by atoms with Gasteiger partial charge in [-0.05, 0) is 12.5 Å². The fourth-order valence-corrected chi connectivity index (χ4v) is 2.95. The van der Waals surface area contributed by atoms with Crippen LogP contribution in [0.1, 0.15) is 31.9 Å². The van der Waals surface area contributed by atoms with Crippen molar-refractivity contribution in [2.75, 3.05) is 0 Å². The first-order valence-corrected chi connectivity index (χ1v) is 6.73. The number of nitrogens with zero attached hydrogens (tertiary/aromatic N) is 1. The van der Waals surface area contributed by atoms with E-state index in [9.17, 15) is 9.90 Å². The van der Waals surface area contributed by atoms with E-state index < -0.39 is 6.10 Å². The molecule has 9 N–H and O–H groups in total. The van der Waals surface area contributed by atoms with Crippen LogP contribution in [0.2, 0.25) is 0 Å². The number of aliphatic hydroxyl groups excluding tert-OH is 1. The number of hydrogen-bond acceptors (Lipinski definition) is 3. The summed E-state index contributed by atoms with van der Waals surface area (Å²) in [6.45, 7) is 4.74. The van der Waals surface area contributed by atoms with Crippen molar-refractivity contribution in [3.63, 3.8) is 0 Å². The molecule has 0 radical (unpaired) electrons. The third-order valence-corrected chi connectivity index (χ3v) is 3.73. The Morgan fingerprint density at radius 1 is 1.30 bits per heavy atom. The normalized spacial score (nSPS) is 19.0. The van der Waals surface area contributed by atoms with Gasteiger partial charge >= 0.3 is 5.69 Å². The average molecular weight is 352 g/mol. The van der Waals surface area contributed by atoms with Gasteiger partial charge in [-0.25, -0.2) is 4.79 Å². The Hall–Kier alpha value is -1.42. The van der Waals surface area contributed by atoms with Crippen LogP contribution in [-0.2, 0) is 6.54 Å². The Balaban J connectivity index is 0. The molecule has 0 saturated carbocycles. The first-order valence-electron chi connectivity index (χ1n) is 6.73. The van der Waals surface area contributed by atoms with Crippen molar-refractivity contribution in [2.24, 2.45) is 0 Å². The van der Waals surface area contributed by atoms with Gasteiger partial charge in [-0.1, -0.05) is 26.0 Å². The van der Waals surface area contributed by atoms with Crippen molar-refractivity contribution in [3.05, 3.63) is 34.2 Å². The number of rotatable bonds is 2. The molecular weight excluding hydrogens is 326 g/mol. The summed E-state index contributed by atoms with van der Waals surface area (Å²) in [5.74, 6) is 0. The van der Waals surface area contributed by atoms with Crippen molar-refractivity contribution in [3.8, 4) is 0 Å². The maximum atomic E-state index is 11.9. The molecule has 9 heteroatoms. The second kappa shape index (κ2) is 9.02. The molecule has 8 nitrogen and oxygen atoms in total. The highest BCUT2D eigenvalue weighted by Gasteiger charge is 2.28. The molecule has 1 aliphatic rings. The lowest BCUT2D eigenvalue weighted by Crippen LogP contribution is -2.39. The fraction of sp³-hybridized carbons (Fsp3) is 0.500. The summed E-state index contributed by atoms with van der Waals surface area (Å²) in [6, 6.07) is 5.93. The second-order valence-corrected chi connectivity index (χ2v) is 5.49. The molecule has 2 aromatic rings. The summed E-state index contributed by atoms with van der Waals surface area (Å²) in [7, 11) is 0. The van der Waals surface area contributed by atoms with Gasteiger partial charge in [-0.15, -0.1) is 12.4 Å². The van der Waals surface area contributed by atoms with Crippen LogP contribution in [0, 0.1) is 0 Å². The minimum atomic E-state index is -0.588. The third-order valence-electron chi connectivity index (χ3n) is 3.73. The summed E-state index contributed by atoms with van der Waals surface area (Å²) in [5.41, 5.74) is 2.37. The second-order valence-electron chi connectivity index (χ2n) is 5.49. The molecule has 2 heterocycles. The summed E-state index contributed by atoms with van der Waals surface area (Å²) < 4.78 is 1.73. The average Bonchev–Trinajstić information content (AvgIpc) is 2.61. The number of imidazole rings is 1. The van der Waals surface area contributed by atoms with Gasteiger partial charge in [0.1, 0.15) is 0 Å². The van der Waals surface area contributed by atoms with Crippen LogP contribution in [0.3, 0.4) is 0 Å². The SMILES string of the molecule is CC(C)N[C@@H]1CCn2c(=O)[nH]c3cccc(c32)[C@H]1O.Cl.O.O.O. The van der Waals surface area contributed by atoms with Crippen LogP contribution in [0.25, 0.3) is 11.0 Å². The number of para-hydroxylation sites is 1. The molecule has 1 aromatic heterocycles. The van der Waals surface area contributed by atoms with Gasteiger partial charge in [0.15, 0.2) is 0 Å². The first-order chi connectivity index (χ1) is 9.08. The fourth-order valence-electron chi connectivity index (χ4n) is 2.95. The Morgan fingerprint density at radius 3 is 2.57 bits per heavy atom. The van der Waals surface area contributed by atoms with Gasteiger partial charge in [0.2, 0.25) is 0 Å². The molecule has 0 saturated heterocycles. The van der Waals surface area contributed by atoms with Gasteiger partial charge in [0, 0.05) is 24.2 Å². The summed E-state index contributed by atoms with van der Waals surface area (Å²) in [4.78, 5) is 14.8. The van der Waals surface area contributed by atoms with E-state index in [1.165, 1.54) is 0 Å². The van der Waals surface area contributed by atoms with Gasteiger partial charge < -0.3 is 31.8 Å². The Morgan fingerprint density at radius 2 is 1.96 bits per heavy atom. The first kappa shape index (κ1) is 23.8. The molecule has 0 bridgehead atoms. The minimum Gasteiger partial charge on any atom is -0.412 e. The van der Waals surface area contributed by atoms with Crippen LogP contribution in [-0.4, -0.2) is 43.2 Å². The van der Waals surface area contributed by atoms with E-state index in [1.807, 2.05) is 18.2 Å². The summed E-state index contributed by atoms with van der Waals surface area (Å²) in [5, 5.41) is 14.0. The van der Waals surface area contributed by atoms with E-state index in [-0.39, 0.29) is 40.6 Å². The maximum absolute atomic E-state index is 11.9. The molecule has 1 aromatic carbocycles. The van der Waals surface area contributed by atoms with Crippen molar-refractivity contribution in [1.29, 1.82) is 0 Å². The zero-order valence-corrected chi connectivity index (χ0v) is 13.9. The van der Waals surface area contributed by atoms with Gasteiger partial charge in [-0.2, -0.15) is 0 Å². The number of aromatic nitrogens is 2. The molecule has 3 rings (SSSR count). The Kier molecular flexibility index (Phi) is 9.35. The molecular formula is C14H26ClN3O5. The largest absolute Gasteiger partial charge is 0.412 e. The molecule has 0 amide bonds.